The minimum absolute atomic E-state index is 0.0870. The number of nitrogens with two attached hydrogens (primary N) is 1. The molecule has 158 valence electrons. The van der Waals surface area contributed by atoms with Crippen molar-refractivity contribution < 1.29 is 14.6 Å². The Hall–Kier alpha value is -2.12. The fraction of sp³-hybridized carbons (Fsp3) is 0.364. The lowest BCUT2D eigenvalue weighted by Crippen LogP contribution is -2.59. The quantitative estimate of drug-likeness (QED) is 0.752. The van der Waals surface area contributed by atoms with Gasteiger partial charge >= 0.3 is 0 Å². The van der Waals surface area contributed by atoms with Crippen LogP contribution < -0.4 is 5.73 Å². The second kappa shape index (κ2) is 8.19. The summed E-state index contributed by atoms with van der Waals surface area (Å²) in [5.41, 5.74) is 7.72. The third-order valence-corrected chi connectivity index (χ3v) is 6.35. The van der Waals surface area contributed by atoms with Crippen molar-refractivity contribution in [3.8, 4) is 11.1 Å². The van der Waals surface area contributed by atoms with Gasteiger partial charge in [-0.05, 0) is 36.6 Å². The topological polar surface area (TPSA) is 88.2 Å². The normalized spacial score (nSPS) is 27.1. The fourth-order valence-electron chi connectivity index (χ4n) is 4.20. The van der Waals surface area contributed by atoms with E-state index in [1.54, 1.807) is 6.07 Å². The van der Waals surface area contributed by atoms with Crippen LogP contribution in [0.15, 0.2) is 47.5 Å². The molecule has 0 unspecified atom stereocenters. The highest BCUT2D eigenvalue weighted by Gasteiger charge is 2.43. The van der Waals surface area contributed by atoms with E-state index < -0.39 is 17.7 Å². The Kier molecular flexibility index (Phi) is 5.77. The van der Waals surface area contributed by atoms with Crippen LogP contribution in [0.2, 0.25) is 10.0 Å². The SMILES string of the molecule is C[C@@]1(c2cccc(-c3cccc(Cl)c3)c2Cl)CC(=O)N([C@@H]2CCOC[C@H]2O)C(N)=N1. The van der Waals surface area contributed by atoms with Crippen LogP contribution >= 0.6 is 23.2 Å². The zero-order chi connectivity index (χ0) is 21.5. The maximum atomic E-state index is 13.1. The van der Waals surface area contributed by atoms with E-state index in [1.807, 2.05) is 43.3 Å². The molecule has 3 atom stereocenters. The summed E-state index contributed by atoms with van der Waals surface area (Å²) in [5, 5.41) is 11.4. The first kappa shape index (κ1) is 21.1. The molecule has 6 nitrogen and oxygen atoms in total. The largest absolute Gasteiger partial charge is 0.389 e. The van der Waals surface area contributed by atoms with Crippen molar-refractivity contribution in [1.29, 1.82) is 0 Å². The molecule has 1 saturated heterocycles. The number of benzene rings is 2. The van der Waals surface area contributed by atoms with Gasteiger partial charge in [0, 0.05) is 17.2 Å². The van der Waals surface area contributed by atoms with Crippen LogP contribution in [-0.2, 0) is 15.1 Å². The van der Waals surface area contributed by atoms with Crippen molar-refractivity contribution in [3.05, 3.63) is 58.1 Å². The third kappa shape index (κ3) is 3.81. The molecule has 0 bridgehead atoms. The fourth-order valence-corrected chi connectivity index (χ4v) is 4.83. The summed E-state index contributed by atoms with van der Waals surface area (Å²) in [4.78, 5) is 19.2. The van der Waals surface area contributed by atoms with Gasteiger partial charge in [0.05, 0.1) is 35.7 Å². The molecule has 2 aliphatic rings. The first-order chi connectivity index (χ1) is 14.3. The van der Waals surface area contributed by atoms with Crippen LogP contribution in [0.5, 0.6) is 0 Å². The molecule has 1 fully saturated rings. The first-order valence-electron chi connectivity index (χ1n) is 9.78. The van der Waals surface area contributed by atoms with Crippen LogP contribution in [0.3, 0.4) is 0 Å². The van der Waals surface area contributed by atoms with E-state index in [2.05, 4.69) is 4.99 Å². The number of rotatable bonds is 3. The van der Waals surface area contributed by atoms with Crippen molar-refractivity contribution >= 4 is 35.1 Å². The Morgan fingerprint density at radius 3 is 2.73 bits per heavy atom. The molecular weight excluding hydrogens is 425 g/mol. The van der Waals surface area contributed by atoms with E-state index in [1.165, 1.54) is 4.90 Å². The van der Waals surface area contributed by atoms with E-state index >= 15 is 0 Å². The molecule has 2 heterocycles. The van der Waals surface area contributed by atoms with Gasteiger partial charge in [-0.2, -0.15) is 0 Å². The Labute approximate surface area is 185 Å². The summed E-state index contributed by atoms with van der Waals surface area (Å²) in [7, 11) is 0. The first-order valence-corrected chi connectivity index (χ1v) is 10.5. The molecule has 0 saturated carbocycles. The number of halogens is 2. The summed E-state index contributed by atoms with van der Waals surface area (Å²) in [5.74, 6) is -0.107. The van der Waals surface area contributed by atoms with Crippen molar-refractivity contribution in [3.63, 3.8) is 0 Å². The van der Waals surface area contributed by atoms with E-state index in [0.29, 0.717) is 28.6 Å². The molecule has 4 rings (SSSR count). The monoisotopic (exact) mass is 447 g/mol. The zero-order valence-electron chi connectivity index (χ0n) is 16.5. The molecule has 1 amide bonds. The Morgan fingerprint density at radius 2 is 2.03 bits per heavy atom. The van der Waals surface area contributed by atoms with Crippen molar-refractivity contribution in [1.82, 2.24) is 4.90 Å². The van der Waals surface area contributed by atoms with E-state index in [9.17, 15) is 9.90 Å². The summed E-state index contributed by atoms with van der Waals surface area (Å²) >= 11 is 12.9. The van der Waals surface area contributed by atoms with Gasteiger partial charge in [-0.3, -0.25) is 9.69 Å². The predicted molar refractivity (Wildman–Crippen MR) is 118 cm³/mol. The highest BCUT2D eigenvalue weighted by Crippen LogP contribution is 2.42. The van der Waals surface area contributed by atoms with Crippen LogP contribution in [0.1, 0.15) is 25.3 Å². The van der Waals surface area contributed by atoms with Gasteiger partial charge in [0.25, 0.3) is 0 Å². The molecule has 3 N–H and O–H groups in total. The molecule has 0 aromatic heterocycles. The van der Waals surface area contributed by atoms with Crippen LogP contribution in [-0.4, -0.2) is 47.2 Å². The molecule has 2 aromatic rings. The summed E-state index contributed by atoms with van der Waals surface area (Å²) in [6, 6.07) is 12.6. The summed E-state index contributed by atoms with van der Waals surface area (Å²) < 4.78 is 5.27. The van der Waals surface area contributed by atoms with Crippen LogP contribution in [0.25, 0.3) is 11.1 Å². The lowest BCUT2D eigenvalue weighted by atomic mass is 9.85. The second-order valence-electron chi connectivity index (χ2n) is 7.86. The maximum absolute atomic E-state index is 13.1. The number of aliphatic imine (C=N–C) groups is 1. The van der Waals surface area contributed by atoms with Gasteiger partial charge in [0.2, 0.25) is 5.91 Å². The Morgan fingerprint density at radius 1 is 1.27 bits per heavy atom. The van der Waals surface area contributed by atoms with Gasteiger partial charge < -0.3 is 15.6 Å². The standard InChI is InChI=1S/C22H23Cl2N3O3/c1-22(11-19(29)27(21(25)26-22)17-8-9-30-12-18(17)28)16-7-3-6-15(20(16)24)13-4-2-5-14(23)10-13/h2-7,10,17-18,28H,8-9,11-12H2,1H3,(H2,25,26)/t17-,18-,22+/m1/s1. The van der Waals surface area contributed by atoms with Gasteiger partial charge in [-0.15, -0.1) is 0 Å². The third-order valence-electron chi connectivity index (χ3n) is 5.71. The number of carbonyl (C=O) groups is 1. The van der Waals surface area contributed by atoms with E-state index in [0.717, 1.165) is 11.1 Å². The molecule has 0 radical (unpaired) electrons. The number of nitrogens with zero attached hydrogens (tertiary/aromatic N) is 2. The Balaban J connectivity index is 1.73. The molecule has 8 heteroatoms. The summed E-state index contributed by atoms with van der Waals surface area (Å²) in [6.07, 6.45) is -0.197. The minimum atomic E-state index is -0.917. The summed E-state index contributed by atoms with van der Waals surface area (Å²) in [6.45, 7) is 2.48. The van der Waals surface area contributed by atoms with E-state index in [4.69, 9.17) is 33.7 Å². The van der Waals surface area contributed by atoms with Crippen LogP contribution in [0.4, 0.5) is 0 Å². The number of aliphatic hydroxyl groups is 1. The number of guanidine groups is 1. The lowest BCUT2D eigenvalue weighted by molar-refractivity contribution is -0.137. The highest BCUT2D eigenvalue weighted by atomic mass is 35.5. The number of hydrogen-bond donors (Lipinski definition) is 2. The Bertz CT molecular complexity index is 1010. The number of hydrogen-bond acceptors (Lipinski definition) is 5. The van der Waals surface area contributed by atoms with Gasteiger partial charge in [0.1, 0.15) is 0 Å². The number of ether oxygens (including phenoxy) is 1. The van der Waals surface area contributed by atoms with E-state index in [-0.39, 0.29) is 24.9 Å². The maximum Gasteiger partial charge on any atom is 0.232 e. The predicted octanol–water partition coefficient (Wildman–Crippen LogP) is 3.57. The molecule has 0 spiro atoms. The average molecular weight is 448 g/mol. The molecular formula is C22H23Cl2N3O3. The van der Waals surface area contributed by atoms with Gasteiger partial charge in [-0.1, -0.05) is 53.5 Å². The van der Waals surface area contributed by atoms with Crippen LogP contribution in [0, 0.1) is 0 Å². The average Bonchev–Trinajstić information content (AvgIpc) is 2.69. The molecule has 0 aliphatic carbocycles. The smallest absolute Gasteiger partial charge is 0.232 e. The number of amides is 1. The number of carbonyl (C=O) groups excluding carboxylic acids is 1. The molecule has 30 heavy (non-hydrogen) atoms. The molecule has 2 aromatic carbocycles. The van der Waals surface area contributed by atoms with Crippen molar-refractivity contribution in [2.24, 2.45) is 10.7 Å². The zero-order valence-corrected chi connectivity index (χ0v) is 18.0. The lowest BCUT2D eigenvalue weighted by Gasteiger charge is -2.42. The highest BCUT2D eigenvalue weighted by molar-refractivity contribution is 6.34. The van der Waals surface area contributed by atoms with Gasteiger partial charge in [0.15, 0.2) is 5.96 Å². The second-order valence-corrected chi connectivity index (χ2v) is 8.67. The number of aliphatic hydroxyl groups excluding tert-OH is 1. The molecule has 2 aliphatic heterocycles. The van der Waals surface area contributed by atoms with Crippen molar-refractivity contribution in [2.45, 2.75) is 37.5 Å². The van der Waals surface area contributed by atoms with Gasteiger partial charge in [-0.25, -0.2) is 4.99 Å². The van der Waals surface area contributed by atoms with Crippen molar-refractivity contribution in [2.75, 3.05) is 13.2 Å². The minimum Gasteiger partial charge on any atom is -0.389 e.